The van der Waals surface area contributed by atoms with Gasteiger partial charge in [-0.2, -0.15) is 0 Å². The smallest absolute Gasteiger partial charge is 0.253 e. The van der Waals surface area contributed by atoms with Crippen LogP contribution in [-0.4, -0.2) is 36.4 Å². The van der Waals surface area contributed by atoms with E-state index >= 15 is 0 Å². The molecule has 0 unspecified atom stereocenters. The summed E-state index contributed by atoms with van der Waals surface area (Å²) in [6, 6.07) is 5.33. The van der Waals surface area contributed by atoms with Gasteiger partial charge in [0, 0.05) is 44.2 Å². The largest absolute Gasteiger partial charge is 0.397 e. The number of carbonyl (C=O) groups is 1. The van der Waals surface area contributed by atoms with Crippen LogP contribution in [0.5, 0.6) is 0 Å². The Morgan fingerprint density at radius 3 is 2.85 bits per heavy atom. The van der Waals surface area contributed by atoms with Crippen LogP contribution in [0.1, 0.15) is 15.4 Å². The Bertz CT molecular complexity index is 581. The van der Waals surface area contributed by atoms with Crippen LogP contribution in [0.2, 0.25) is 0 Å². The number of nitrogen functional groups attached to an aromatic ring is 1. The number of thiazole rings is 1. The number of hydrogen-bond acceptors (Lipinski definition) is 5. The molecule has 0 aliphatic carbocycles. The number of hydrogen-bond donors (Lipinski definition) is 2. The lowest BCUT2D eigenvalue weighted by atomic mass is 10.1. The Kier molecular flexibility index (Phi) is 4.57. The minimum atomic E-state index is -0.0500. The minimum Gasteiger partial charge on any atom is -0.397 e. The van der Waals surface area contributed by atoms with Crippen molar-refractivity contribution in [2.24, 2.45) is 0 Å². The third-order valence-corrected chi connectivity index (χ3v) is 3.68. The molecule has 0 saturated carbocycles. The number of rotatable bonds is 5. The molecule has 106 valence electrons. The Hall–Kier alpha value is -2.08. The monoisotopic (exact) mass is 290 g/mol. The van der Waals surface area contributed by atoms with Gasteiger partial charge in [0.1, 0.15) is 0 Å². The van der Waals surface area contributed by atoms with Crippen molar-refractivity contribution in [2.75, 3.05) is 31.7 Å². The topological polar surface area (TPSA) is 71.2 Å². The van der Waals surface area contributed by atoms with Crippen molar-refractivity contribution < 1.29 is 4.79 Å². The molecule has 0 radical (unpaired) electrons. The van der Waals surface area contributed by atoms with Crippen LogP contribution in [0.4, 0.5) is 11.4 Å². The van der Waals surface area contributed by atoms with Crippen molar-refractivity contribution in [3.63, 3.8) is 0 Å². The average Bonchev–Trinajstić information content (AvgIpc) is 2.92. The maximum atomic E-state index is 11.8. The van der Waals surface area contributed by atoms with Gasteiger partial charge in [-0.15, -0.1) is 11.3 Å². The fourth-order valence-corrected chi connectivity index (χ4v) is 2.42. The number of amides is 1. The third-order valence-electron chi connectivity index (χ3n) is 2.84. The second-order valence-corrected chi connectivity index (χ2v) is 5.58. The molecule has 0 atom stereocenters. The van der Waals surface area contributed by atoms with Crippen LogP contribution in [0.3, 0.4) is 0 Å². The second-order valence-electron chi connectivity index (χ2n) is 4.60. The normalized spacial score (nSPS) is 10.3. The van der Waals surface area contributed by atoms with E-state index in [0.717, 1.165) is 23.7 Å². The fraction of sp³-hybridized carbons (Fsp3) is 0.286. The maximum Gasteiger partial charge on any atom is 0.253 e. The summed E-state index contributed by atoms with van der Waals surface area (Å²) in [5.41, 5.74) is 7.99. The first kappa shape index (κ1) is 14.3. The fourth-order valence-electron chi connectivity index (χ4n) is 1.80. The summed E-state index contributed by atoms with van der Waals surface area (Å²) in [5.74, 6) is -0.0500. The first-order chi connectivity index (χ1) is 9.58. The zero-order valence-electron chi connectivity index (χ0n) is 11.6. The highest BCUT2D eigenvalue weighted by molar-refractivity contribution is 7.09. The summed E-state index contributed by atoms with van der Waals surface area (Å²) >= 11 is 1.64. The van der Waals surface area contributed by atoms with Gasteiger partial charge in [0.15, 0.2) is 0 Å². The first-order valence-electron chi connectivity index (χ1n) is 6.31. The average molecular weight is 290 g/mol. The van der Waals surface area contributed by atoms with E-state index in [1.165, 1.54) is 4.90 Å². The third kappa shape index (κ3) is 3.48. The van der Waals surface area contributed by atoms with E-state index in [1.54, 1.807) is 43.8 Å². The number of carbonyl (C=O) groups excluding carboxylic acids is 1. The molecule has 1 amide bonds. The van der Waals surface area contributed by atoms with Gasteiger partial charge >= 0.3 is 0 Å². The lowest BCUT2D eigenvalue weighted by Gasteiger charge is -2.13. The van der Waals surface area contributed by atoms with Gasteiger partial charge in [-0.25, -0.2) is 4.98 Å². The SMILES string of the molecule is CN(C)C(=O)c1ccc(NCCc2nccs2)c(N)c1. The minimum absolute atomic E-state index is 0.0500. The van der Waals surface area contributed by atoms with Gasteiger partial charge in [-0.3, -0.25) is 4.79 Å². The molecule has 0 fully saturated rings. The summed E-state index contributed by atoms with van der Waals surface area (Å²) in [6.45, 7) is 0.763. The van der Waals surface area contributed by atoms with E-state index in [1.807, 2.05) is 11.4 Å². The molecule has 1 aromatic carbocycles. The number of nitrogens with zero attached hydrogens (tertiary/aromatic N) is 2. The Morgan fingerprint density at radius 2 is 2.25 bits per heavy atom. The summed E-state index contributed by atoms with van der Waals surface area (Å²) in [5, 5.41) is 6.32. The van der Waals surface area contributed by atoms with E-state index < -0.39 is 0 Å². The molecule has 6 heteroatoms. The molecule has 0 bridgehead atoms. The molecule has 20 heavy (non-hydrogen) atoms. The van der Waals surface area contributed by atoms with Gasteiger partial charge < -0.3 is 16.0 Å². The lowest BCUT2D eigenvalue weighted by molar-refractivity contribution is 0.0827. The number of anilines is 2. The number of nitrogens with one attached hydrogen (secondary N) is 1. The molecular weight excluding hydrogens is 272 g/mol. The van der Waals surface area contributed by atoms with Gasteiger partial charge in [0.2, 0.25) is 0 Å². The lowest BCUT2D eigenvalue weighted by Crippen LogP contribution is -2.21. The molecule has 0 spiro atoms. The number of benzene rings is 1. The predicted octanol–water partition coefficient (Wildman–Crippen LogP) is 2.08. The van der Waals surface area contributed by atoms with Gasteiger partial charge in [-0.05, 0) is 18.2 Å². The predicted molar refractivity (Wildman–Crippen MR) is 83.2 cm³/mol. The van der Waals surface area contributed by atoms with Crippen molar-refractivity contribution >= 4 is 28.6 Å². The first-order valence-corrected chi connectivity index (χ1v) is 7.19. The molecule has 3 N–H and O–H groups in total. The Balaban J connectivity index is 1.97. The summed E-state index contributed by atoms with van der Waals surface area (Å²) in [6.07, 6.45) is 2.66. The van der Waals surface area contributed by atoms with E-state index in [4.69, 9.17) is 5.73 Å². The van der Waals surface area contributed by atoms with E-state index in [9.17, 15) is 4.79 Å². The molecule has 1 aromatic heterocycles. The Labute approximate surface area is 122 Å². The van der Waals surface area contributed by atoms with Gasteiger partial charge in [0.05, 0.1) is 16.4 Å². The van der Waals surface area contributed by atoms with E-state index in [0.29, 0.717) is 11.3 Å². The Morgan fingerprint density at radius 1 is 1.45 bits per heavy atom. The van der Waals surface area contributed by atoms with Crippen LogP contribution in [0.15, 0.2) is 29.8 Å². The molecule has 2 aromatic rings. The second kappa shape index (κ2) is 6.38. The van der Waals surface area contributed by atoms with Crippen LogP contribution in [0, 0.1) is 0 Å². The van der Waals surface area contributed by atoms with Crippen LogP contribution >= 0.6 is 11.3 Å². The van der Waals surface area contributed by atoms with Crippen LogP contribution in [-0.2, 0) is 6.42 Å². The van der Waals surface area contributed by atoms with Crippen molar-refractivity contribution in [2.45, 2.75) is 6.42 Å². The highest BCUT2D eigenvalue weighted by Crippen LogP contribution is 2.20. The zero-order valence-corrected chi connectivity index (χ0v) is 12.4. The standard InChI is InChI=1S/C14H18N4OS/c1-18(2)14(19)10-3-4-12(11(15)9-10)16-6-5-13-17-7-8-20-13/h3-4,7-9,16H,5-6,15H2,1-2H3. The van der Waals surface area contributed by atoms with Crippen LogP contribution in [0.25, 0.3) is 0 Å². The highest BCUT2D eigenvalue weighted by atomic mass is 32.1. The quantitative estimate of drug-likeness (QED) is 0.827. The zero-order chi connectivity index (χ0) is 14.5. The molecule has 0 aliphatic rings. The van der Waals surface area contributed by atoms with E-state index in [2.05, 4.69) is 10.3 Å². The van der Waals surface area contributed by atoms with Gasteiger partial charge in [0.25, 0.3) is 5.91 Å². The highest BCUT2D eigenvalue weighted by Gasteiger charge is 2.09. The molecule has 2 rings (SSSR count). The van der Waals surface area contributed by atoms with Crippen molar-refractivity contribution in [1.29, 1.82) is 0 Å². The van der Waals surface area contributed by atoms with Crippen LogP contribution < -0.4 is 11.1 Å². The summed E-state index contributed by atoms with van der Waals surface area (Å²) in [7, 11) is 3.44. The van der Waals surface area contributed by atoms with E-state index in [-0.39, 0.29) is 5.91 Å². The van der Waals surface area contributed by atoms with Crippen molar-refractivity contribution in [3.8, 4) is 0 Å². The van der Waals surface area contributed by atoms with Crippen molar-refractivity contribution in [1.82, 2.24) is 9.88 Å². The molecule has 0 aliphatic heterocycles. The number of nitrogens with two attached hydrogens (primary N) is 1. The molecule has 0 saturated heterocycles. The molecule has 1 heterocycles. The van der Waals surface area contributed by atoms with Crippen molar-refractivity contribution in [3.05, 3.63) is 40.3 Å². The molecular formula is C14H18N4OS. The maximum absolute atomic E-state index is 11.8. The number of aromatic nitrogens is 1. The summed E-state index contributed by atoms with van der Waals surface area (Å²) in [4.78, 5) is 17.6. The molecule has 5 nitrogen and oxygen atoms in total. The summed E-state index contributed by atoms with van der Waals surface area (Å²) < 4.78 is 0. The van der Waals surface area contributed by atoms with Gasteiger partial charge in [-0.1, -0.05) is 0 Å².